The molecule has 2 amide bonds. The zero-order valence-electron chi connectivity index (χ0n) is 14.6. The summed E-state index contributed by atoms with van der Waals surface area (Å²) in [5, 5.41) is 16.0. The van der Waals surface area contributed by atoms with Gasteiger partial charge < -0.3 is 15.4 Å². The number of benzene rings is 2. The number of nitro groups is 1. The van der Waals surface area contributed by atoms with Crippen LogP contribution in [0.4, 0.5) is 17.1 Å². The van der Waals surface area contributed by atoms with Gasteiger partial charge >= 0.3 is 0 Å². The fourth-order valence-electron chi connectivity index (χ4n) is 2.14. The molecule has 0 aliphatic carbocycles. The molecule has 8 nitrogen and oxygen atoms in total. The van der Waals surface area contributed by atoms with Crippen molar-refractivity contribution in [1.82, 2.24) is 0 Å². The van der Waals surface area contributed by atoms with E-state index in [1.807, 2.05) is 13.0 Å². The molecule has 0 bridgehead atoms. The predicted molar refractivity (Wildman–Crippen MR) is 105 cm³/mol. The zero-order chi connectivity index (χ0) is 19.6. The van der Waals surface area contributed by atoms with Crippen molar-refractivity contribution < 1.29 is 19.2 Å². The Morgan fingerprint density at radius 2 is 1.67 bits per heavy atom. The molecule has 0 heterocycles. The van der Waals surface area contributed by atoms with E-state index >= 15 is 0 Å². The van der Waals surface area contributed by atoms with E-state index in [4.69, 9.17) is 4.74 Å². The van der Waals surface area contributed by atoms with Crippen LogP contribution in [-0.2, 0) is 9.59 Å². The number of nitro benzene ring substituents is 1. The summed E-state index contributed by atoms with van der Waals surface area (Å²) < 4.78 is 5.44. The number of nitrogens with one attached hydrogen (secondary N) is 2. The molecular formula is C18H19N3O5S. The predicted octanol–water partition coefficient (Wildman–Crippen LogP) is 3.30. The van der Waals surface area contributed by atoms with Crippen molar-refractivity contribution in [3.8, 4) is 5.75 Å². The molecular weight excluding hydrogens is 370 g/mol. The maximum atomic E-state index is 12.0. The van der Waals surface area contributed by atoms with E-state index in [0.717, 1.165) is 11.8 Å². The van der Waals surface area contributed by atoms with Crippen molar-refractivity contribution in [3.05, 3.63) is 58.6 Å². The van der Waals surface area contributed by atoms with Gasteiger partial charge in [-0.05, 0) is 31.2 Å². The highest BCUT2D eigenvalue weighted by Crippen LogP contribution is 2.23. The molecule has 0 saturated carbocycles. The normalized spacial score (nSPS) is 10.1. The van der Waals surface area contributed by atoms with Crippen LogP contribution in [0.15, 0.2) is 48.5 Å². The van der Waals surface area contributed by atoms with Crippen LogP contribution in [0, 0.1) is 10.1 Å². The minimum Gasteiger partial charge on any atom is -0.492 e. The first-order chi connectivity index (χ1) is 13.0. The summed E-state index contributed by atoms with van der Waals surface area (Å²) >= 11 is 1.16. The van der Waals surface area contributed by atoms with E-state index in [1.165, 1.54) is 24.3 Å². The van der Waals surface area contributed by atoms with Crippen molar-refractivity contribution in [2.24, 2.45) is 0 Å². The number of carbonyl (C=O) groups excluding carboxylic acids is 2. The Bertz CT molecular complexity index is 811. The third-order valence-corrected chi connectivity index (χ3v) is 4.22. The number of hydrogen-bond donors (Lipinski definition) is 2. The van der Waals surface area contributed by atoms with Gasteiger partial charge in [0.05, 0.1) is 28.7 Å². The van der Waals surface area contributed by atoms with Gasteiger partial charge in [-0.15, -0.1) is 11.8 Å². The summed E-state index contributed by atoms with van der Waals surface area (Å²) in [4.78, 5) is 34.0. The maximum Gasteiger partial charge on any atom is 0.269 e. The van der Waals surface area contributed by atoms with Gasteiger partial charge in [-0.25, -0.2) is 0 Å². The monoisotopic (exact) mass is 389 g/mol. The first-order valence-electron chi connectivity index (χ1n) is 8.13. The molecule has 142 valence electrons. The number of amides is 2. The molecule has 27 heavy (non-hydrogen) atoms. The van der Waals surface area contributed by atoms with E-state index < -0.39 is 4.92 Å². The molecule has 0 aliphatic heterocycles. The molecule has 0 radical (unpaired) electrons. The number of rotatable bonds is 9. The highest BCUT2D eigenvalue weighted by Gasteiger charge is 2.10. The number of non-ortho nitro benzene ring substituents is 1. The van der Waals surface area contributed by atoms with E-state index in [9.17, 15) is 19.7 Å². The third-order valence-electron chi connectivity index (χ3n) is 3.29. The van der Waals surface area contributed by atoms with Crippen molar-refractivity contribution in [2.45, 2.75) is 6.92 Å². The SMILES string of the molecule is CCOc1ccccc1NC(=O)CSCC(=O)Nc1ccc([N+](=O)[O-])cc1. The third kappa shape index (κ3) is 6.63. The number of nitrogens with zero attached hydrogens (tertiary/aromatic N) is 1. The van der Waals surface area contributed by atoms with Crippen LogP contribution in [0.25, 0.3) is 0 Å². The Hall–Kier alpha value is -3.07. The number of para-hydroxylation sites is 2. The Labute approximate surface area is 160 Å². The summed E-state index contributed by atoms with van der Waals surface area (Å²) in [7, 11) is 0. The van der Waals surface area contributed by atoms with Crippen LogP contribution >= 0.6 is 11.8 Å². The lowest BCUT2D eigenvalue weighted by atomic mass is 10.3. The number of anilines is 2. The molecule has 9 heteroatoms. The topological polar surface area (TPSA) is 111 Å². The van der Waals surface area contributed by atoms with Gasteiger partial charge in [-0.3, -0.25) is 19.7 Å². The van der Waals surface area contributed by atoms with Crippen LogP contribution in [0.5, 0.6) is 5.75 Å². The van der Waals surface area contributed by atoms with Gasteiger partial charge in [0.2, 0.25) is 11.8 Å². The molecule has 0 spiro atoms. The first-order valence-corrected chi connectivity index (χ1v) is 9.28. The van der Waals surface area contributed by atoms with Crippen molar-refractivity contribution in [3.63, 3.8) is 0 Å². The van der Waals surface area contributed by atoms with Gasteiger partial charge in [-0.1, -0.05) is 12.1 Å². The minimum atomic E-state index is -0.510. The second-order valence-electron chi connectivity index (χ2n) is 5.32. The lowest BCUT2D eigenvalue weighted by Gasteiger charge is -2.11. The molecule has 0 fully saturated rings. The molecule has 0 atom stereocenters. The summed E-state index contributed by atoms with van der Waals surface area (Å²) in [6.45, 7) is 2.35. The minimum absolute atomic E-state index is 0.0496. The van der Waals surface area contributed by atoms with Gasteiger partial charge in [0, 0.05) is 17.8 Å². The molecule has 2 aromatic rings. The number of ether oxygens (including phenoxy) is 1. The lowest BCUT2D eigenvalue weighted by molar-refractivity contribution is -0.384. The Balaban J connectivity index is 1.76. The molecule has 2 N–H and O–H groups in total. The molecule has 0 aliphatic rings. The number of hydrogen-bond acceptors (Lipinski definition) is 6. The van der Waals surface area contributed by atoms with Crippen LogP contribution < -0.4 is 15.4 Å². The zero-order valence-corrected chi connectivity index (χ0v) is 15.5. The van der Waals surface area contributed by atoms with Gasteiger partial charge in [0.15, 0.2) is 0 Å². The van der Waals surface area contributed by atoms with Crippen LogP contribution in [0.1, 0.15) is 6.92 Å². The van der Waals surface area contributed by atoms with Crippen LogP contribution in [-0.4, -0.2) is 34.9 Å². The average Bonchev–Trinajstić information content (AvgIpc) is 2.64. The second-order valence-corrected chi connectivity index (χ2v) is 6.31. The molecule has 2 aromatic carbocycles. The average molecular weight is 389 g/mol. The Morgan fingerprint density at radius 1 is 1.04 bits per heavy atom. The fraction of sp³-hybridized carbons (Fsp3) is 0.222. The number of carbonyl (C=O) groups is 2. The van der Waals surface area contributed by atoms with Crippen LogP contribution in [0.2, 0.25) is 0 Å². The van der Waals surface area contributed by atoms with Crippen molar-refractivity contribution in [1.29, 1.82) is 0 Å². The molecule has 0 unspecified atom stereocenters. The summed E-state index contributed by atoms with van der Waals surface area (Å²) in [6.07, 6.45) is 0. The van der Waals surface area contributed by atoms with Crippen LogP contribution in [0.3, 0.4) is 0 Å². The van der Waals surface area contributed by atoms with Crippen molar-refractivity contribution in [2.75, 3.05) is 28.7 Å². The summed E-state index contributed by atoms with van der Waals surface area (Å²) in [6, 6.07) is 12.7. The summed E-state index contributed by atoms with van der Waals surface area (Å²) in [5.74, 6) is 0.243. The second kappa shape index (κ2) is 10.2. The van der Waals surface area contributed by atoms with E-state index in [-0.39, 0.29) is 29.0 Å². The van der Waals surface area contributed by atoms with Gasteiger partial charge in [0.1, 0.15) is 5.75 Å². The Kier molecular flexibility index (Phi) is 7.63. The van der Waals surface area contributed by atoms with E-state index in [2.05, 4.69) is 10.6 Å². The molecule has 2 rings (SSSR count). The summed E-state index contributed by atoms with van der Waals surface area (Å²) in [5.41, 5.74) is 0.993. The largest absolute Gasteiger partial charge is 0.492 e. The quantitative estimate of drug-likeness (QED) is 0.503. The Morgan fingerprint density at radius 3 is 2.30 bits per heavy atom. The highest BCUT2D eigenvalue weighted by molar-refractivity contribution is 8.00. The van der Waals surface area contributed by atoms with E-state index in [1.54, 1.807) is 18.2 Å². The van der Waals surface area contributed by atoms with Crippen molar-refractivity contribution >= 4 is 40.6 Å². The smallest absolute Gasteiger partial charge is 0.269 e. The van der Waals surface area contributed by atoms with Gasteiger partial charge in [0.25, 0.3) is 5.69 Å². The fourth-order valence-corrected chi connectivity index (χ4v) is 2.75. The standard InChI is InChI=1S/C18H19N3O5S/c1-2-26-16-6-4-3-5-15(16)20-18(23)12-27-11-17(22)19-13-7-9-14(10-8-13)21(24)25/h3-10H,2,11-12H2,1H3,(H,19,22)(H,20,23). The molecule has 0 saturated heterocycles. The van der Waals surface area contributed by atoms with Gasteiger partial charge in [-0.2, -0.15) is 0 Å². The highest BCUT2D eigenvalue weighted by atomic mass is 32.2. The molecule has 0 aromatic heterocycles. The maximum absolute atomic E-state index is 12.0. The first kappa shape index (κ1) is 20.2. The lowest BCUT2D eigenvalue weighted by Crippen LogP contribution is -2.18. The van der Waals surface area contributed by atoms with E-state index in [0.29, 0.717) is 23.7 Å². The number of thioether (sulfide) groups is 1.